The summed E-state index contributed by atoms with van der Waals surface area (Å²) < 4.78 is 5.92. The van der Waals surface area contributed by atoms with Crippen LogP contribution in [0, 0.1) is 5.92 Å². The Hall–Kier alpha value is -2.58. The minimum absolute atomic E-state index is 0.209. The van der Waals surface area contributed by atoms with E-state index in [0.717, 1.165) is 10.9 Å². The van der Waals surface area contributed by atoms with Gasteiger partial charge in [-0.1, -0.05) is 80.2 Å². The quantitative estimate of drug-likeness (QED) is 0.577. The van der Waals surface area contributed by atoms with Gasteiger partial charge in [0.25, 0.3) is 0 Å². The molecule has 2 nitrogen and oxygen atoms in total. The van der Waals surface area contributed by atoms with E-state index in [-0.39, 0.29) is 6.04 Å². The molecule has 0 saturated heterocycles. The van der Waals surface area contributed by atoms with Crippen molar-refractivity contribution in [1.82, 2.24) is 0 Å². The van der Waals surface area contributed by atoms with Crippen LogP contribution in [-0.4, -0.2) is 18.5 Å². The molecule has 0 N–H and O–H groups in total. The molecule has 1 aliphatic carbocycles. The Morgan fingerprint density at radius 2 is 1.58 bits per heavy atom. The van der Waals surface area contributed by atoms with Crippen LogP contribution in [0.4, 0.5) is 0 Å². The SMILES string of the molecule is CC(C)[C@H]1COC(C2=C=C=C=C2P(c2ccccc2)c2ccccc2)=N1. The molecule has 1 atom stereocenters. The highest BCUT2D eigenvalue weighted by Gasteiger charge is 2.31. The molecule has 2 aliphatic rings. The summed E-state index contributed by atoms with van der Waals surface area (Å²) in [5.41, 5.74) is 10.5. The van der Waals surface area contributed by atoms with E-state index < -0.39 is 7.92 Å². The maximum atomic E-state index is 5.92. The monoisotopic (exact) mass is 357 g/mol. The van der Waals surface area contributed by atoms with Gasteiger partial charge in [0, 0.05) is 0 Å². The molecule has 0 saturated carbocycles. The third kappa shape index (κ3) is 3.25. The lowest BCUT2D eigenvalue weighted by Crippen LogP contribution is -2.15. The third-order valence-electron chi connectivity index (χ3n) is 4.51. The zero-order valence-electron chi connectivity index (χ0n) is 14.9. The molecular formula is C23H20NOP. The highest BCUT2D eigenvalue weighted by molar-refractivity contribution is 7.77. The number of hydrogen-bond acceptors (Lipinski definition) is 2. The predicted molar refractivity (Wildman–Crippen MR) is 109 cm³/mol. The van der Waals surface area contributed by atoms with Gasteiger partial charge in [0.05, 0.1) is 11.4 Å². The summed E-state index contributed by atoms with van der Waals surface area (Å²) in [5, 5.41) is 3.64. The van der Waals surface area contributed by atoms with Crippen molar-refractivity contribution in [2.75, 3.05) is 6.61 Å². The van der Waals surface area contributed by atoms with Gasteiger partial charge in [-0.05, 0) is 35.9 Å². The second-order valence-electron chi connectivity index (χ2n) is 6.66. The molecule has 0 amide bonds. The summed E-state index contributed by atoms with van der Waals surface area (Å²) in [4.78, 5) is 4.79. The maximum Gasteiger partial charge on any atom is 0.226 e. The molecule has 1 aliphatic heterocycles. The second-order valence-corrected chi connectivity index (χ2v) is 8.81. The Balaban J connectivity index is 1.75. The molecule has 0 spiro atoms. The van der Waals surface area contributed by atoms with E-state index in [1.807, 2.05) is 12.1 Å². The van der Waals surface area contributed by atoms with Gasteiger partial charge in [0.2, 0.25) is 5.90 Å². The lowest BCUT2D eigenvalue weighted by molar-refractivity contribution is 0.292. The Bertz CT molecular complexity index is 932. The number of hydrogen-bond donors (Lipinski definition) is 0. The van der Waals surface area contributed by atoms with E-state index >= 15 is 0 Å². The van der Waals surface area contributed by atoms with Crippen molar-refractivity contribution in [3.05, 3.63) is 88.7 Å². The van der Waals surface area contributed by atoms with Crippen molar-refractivity contribution in [2.24, 2.45) is 10.9 Å². The molecular weight excluding hydrogens is 337 g/mol. The number of nitrogens with zero attached hydrogens (tertiary/aromatic N) is 1. The Morgan fingerprint density at radius 3 is 2.12 bits per heavy atom. The number of benzene rings is 2. The molecule has 26 heavy (non-hydrogen) atoms. The van der Waals surface area contributed by atoms with Crippen molar-refractivity contribution in [2.45, 2.75) is 19.9 Å². The molecule has 1 heterocycles. The van der Waals surface area contributed by atoms with Crippen LogP contribution in [0.25, 0.3) is 0 Å². The fourth-order valence-electron chi connectivity index (χ4n) is 3.03. The molecule has 0 unspecified atom stereocenters. The summed E-state index contributed by atoms with van der Waals surface area (Å²) in [6.45, 7) is 4.99. The fourth-order valence-corrected chi connectivity index (χ4v) is 5.32. The van der Waals surface area contributed by atoms with Crippen LogP contribution < -0.4 is 10.6 Å². The molecule has 128 valence electrons. The van der Waals surface area contributed by atoms with Gasteiger partial charge in [-0.25, -0.2) is 4.99 Å². The van der Waals surface area contributed by atoms with Crippen molar-refractivity contribution < 1.29 is 4.74 Å². The Morgan fingerprint density at radius 1 is 0.962 bits per heavy atom. The standard InChI is InChI=1S/C23H20NOP/c1-17(2)21-16-25-23(24-21)20-14-9-15-22(20)26(18-10-5-3-6-11-18)19-12-7-4-8-13-19/h3-8,10-13,17,21H,16H2,1-2H3/t21-/m1/s1. The molecule has 0 fully saturated rings. The number of aliphatic imine (C=N–C) groups is 1. The maximum absolute atomic E-state index is 5.92. The largest absolute Gasteiger partial charge is 0.475 e. The number of ether oxygens (including phenoxy) is 1. The topological polar surface area (TPSA) is 21.6 Å². The van der Waals surface area contributed by atoms with E-state index in [1.54, 1.807) is 0 Å². The minimum Gasteiger partial charge on any atom is -0.475 e. The first-order valence-corrected chi connectivity index (χ1v) is 10.2. The first-order valence-electron chi connectivity index (χ1n) is 8.86. The second kappa shape index (κ2) is 7.35. The minimum atomic E-state index is -0.754. The highest BCUT2D eigenvalue weighted by atomic mass is 31.1. The van der Waals surface area contributed by atoms with E-state index in [4.69, 9.17) is 9.73 Å². The van der Waals surface area contributed by atoms with E-state index in [2.05, 4.69) is 79.6 Å². The van der Waals surface area contributed by atoms with E-state index in [1.165, 1.54) is 10.6 Å². The predicted octanol–water partition coefficient (Wildman–Crippen LogP) is 4.31. The normalized spacial score (nSPS) is 18.2. The van der Waals surface area contributed by atoms with Gasteiger partial charge >= 0.3 is 0 Å². The van der Waals surface area contributed by atoms with Gasteiger partial charge in [-0.2, -0.15) is 0 Å². The van der Waals surface area contributed by atoms with Crippen LogP contribution in [0.15, 0.2) is 93.7 Å². The lowest BCUT2D eigenvalue weighted by Gasteiger charge is -2.20. The van der Waals surface area contributed by atoms with Crippen molar-refractivity contribution in [3.63, 3.8) is 0 Å². The highest BCUT2D eigenvalue weighted by Crippen LogP contribution is 2.47. The van der Waals surface area contributed by atoms with Gasteiger partial charge in [0.1, 0.15) is 12.2 Å². The van der Waals surface area contributed by atoms with Gasteiger partial charge < -0.3 is 4.74 Å². The fraction of sp³-hybridized carbons (Fsp3) is 0.217. The van der Waals surface area contributed by atoms with Crippen molar-refractivity contribution >= 4 is 24.4 Å². The molecule has 2 aromatic rings. The molecule has 0 bridgehead atoms. The van der Waals surface area contributed by atoms with E-state index in [9.17, 15) is 0 Å². The van der Waals surface area contributed by atoms with Crippen LogP contribution in [-0.2, 0) is 4.74 Å². The molecule has 3 heteroatoms. The van der Waals surface area contributed by atoms with Crippen LogP contribution in [0.1, 0.15) is 13.8 Å². The zero-order valence-corrected chi connectivity index (χ0v) is 15.8. The van der Waals surface area contributed by atoms with Crippen LogP contribution in [0.5, 0.6) is 0 Å². The third-order valence-corrected chi connectivity index (χ3v) is 6.93. The number of rotatable bonds is 5. The summed E-state index contributed by atoms with van der Waals surface area (Å²) >= 11 is 0. The van der Waals surface area contributed by atoms with Crippen LogP contribution in [0.2, 0.25) is 0 Å². The van der Waals surface area contributed by atoms with Crippen LogP contribution in [0.3, 0.4) is 0 Å². The Kier molecular flexibility index (Phi) is 4.77. The molecule has 0 radical (unpaired) electrons. The summed E-state index contributed by atoms with van der Waals surface area (Å²) in [6, 6.07) is 21.4. The first-order chi connectivity index (χ1) is 12.7. The van der Waals surface area contributed by atoms with Gasteiger partial charge in [0.15, 0.2) is 0 Å². The lowest BCUT2D eigenvalue weighted by atomic mass is 10.1. The first kappa shape index (κ1) is 16.9. The zero-order chi connectivity index (χ0) is 17.9. The van der Waals surface area contributed by atoms with Crippen LogP contribution >= 0.6 is 7.92 Å². The summed E-state index contributed by atoms with van der Waals surface area (Å²) in [6.07, 6.45) is 0. The van der Waals surface area contributed by atoms with Crippen molar-refractivity contribution in [1.29, 1.82) is 0 Å². The van der Waals surface area contributed by atoms with Gasteiger partial charge in [-0.15, -0.1) is 0 Å². The average Bonchev–Trinajstić information content (AvgIpc) is 3.33. The average molecular weight is 357 g/mol. The molecule has 4 rings (SSSR count). The molecule has 0 aromatic heterocycles. The van der Waals surface area contributed by atoms with E-state index in [0.29, 0.717) is 18.4 Å². The smallest absolute Gasteiger partial charge is 0.226 e. The van der Waals surface area contributed by atoms with Gasteiger partial charge in [-0.3, -0.25) is 0 Å². The van der Waals surface area contributed by atoms with Crippen molar-refractivity contribution in [3.8, 4) is 0 Å². The molecule has 2 aromatic carbocycles. The summed E-state index contributed by atoms with van der Waals surface area (Å²) in [7, 11) is -0.754. The Labute approximate surface area is 155 Å². The summed E-state index contributed by atoms with van der Waals surface area (Å²) in [5.74, 6) is 1.15.